The fourth-order valence-corrected chi connectivity index (χ4v) is 3.22. The summed E-state index contributed by atoms with van der Waals surface area (Å²) in [4.78, 5) is 7.34. The van der Waals surface area contributed by atoms with Crippen LogP contribution in [-0.4, -0.2) is 40.0 Å². The van der Waals surface area contributed by atoms with Crippen molar-refractivity contribution in [3.05, 3.63) is 36.3 Å². The Hall–Kier alpha value is -1.39. The van der Waals surface area contributed by atoms with Crippen molar-refractivity contribution in [3.63, 3.8) is 0 Å². The maximum Gasteiger partial charge on any atom is 0.137 e. The number of pyridine rings is 1. The third kappa shape index (κ3) is 3.63. The van der Waals surface area contributed by atoms with Gasteiger partial charge in [-0.25, -0.2) is 4.98 Å². The standard InChI is InChI=1S/C17H26N4/c1-2-9-18-12-16-7-3-5-10-20(16)13-15-14-21-11-6-4-8-17(21)19-15/h4,6,8,11,14,16,18H,2-3,5,7,9-10,12-13H2,1H3. The second-order valence-electron chi connectivity index (χ2n) is 6.02. The van der Waals surface area contributed by atoms with Gasteiger partial charge in [-0.15, -0.1) is 0 Å². The van der Waals surface area contributed by atoms with Crippen molar-refractivity contribution in [1.29, 1.82) is 0 Å². The molecule has 3 heterocycles. The van der Waals surface area contributed by atoms with E-state index in [1.54, 1.807) is 0 Å². The van der Waals surface area contributed by atoms with Gasteiger partial charge >= 0.3 is 0 Å². The zero-order valence-corrected chi connectivity index (χ0v) is 13.0. The smallest absolute Gasteiger partial charge is 0.137 e. The zero-order chi connectivity index (χ0) is 14.5. The number of aromatic nitrogens is 2. The van der Waals surface area contributed by atoms with Crippen molar-refractivity contribution in [2.75, 3.05) is 19.6 Å². The van der Waals surface area contributed by atoms with Gasteiger partial charge in [0.05, 0.1) is 5.69 Å². The third-order valence-electron chi connectivity index (χ3n) is 4.33. The summed E-state index contributed by atoms with van der Waals surface area (Å²) in [5, 5.41) is 3.58. The molecule has 0 aliphatic carbocycles. The largest absolute Gasteiger partial charge is 0.315 e. The molecule has 1 fully saturated rings. The van der Waals surface area contributed by atoms with Crippen LogP contribution in [0.15, 0.2) is 30.6 Å². The monoisotopic (exact) mass is 286 g/mol. The molecule has 21 heavy (non-hydrogen) atoms. The molecule has 4 nitrogen and oxygen atoms in total. The zero-order valence-electron chi connectivity index (χ0n) is 13.0. The molecule has 2 aromatic heterocycles. The molecule has 1 unspecified atom stereocenters. The molecule has 2 aromatic rings. The van der Waals surface area contributed by atoms with Crippen LogP contribution in [0.1, 0.15) is 38.3 Å². The summed E-state index contributed by atoms with van der Waals surface area (Å²) >= 11 is 0. The highest BCUT2D eigenvalue weighted by Gasteiger charge is 2.22. The number of likely N-dealkylation sites (tertiary alicyclic amines) is 1. The quantitative estimate of drug-likeness (QED) is 0.829. The Morgan fingerprint density at radius 2 is 2.29 bits per heavy atom. The molecule has 1 saturated heterocycles. The average molecular weight is 286 g/mol. The number of piperidine rings is 1. The lowest BCUT2D eigenvalue weighted by atomic mass is 10.0. The number of hydrogen-bond donors (Lipinski definition) is 1. The van der Waals surface area contributed by atoms with Gasteiger partial charge in [-0.05, 0) is 44.5 Å². The molecule has 1 N–H and O–H groups in total. The van der Waals surface area contributed by atoms with Crippen LogP contribution in [0.5, 0.6) is 0 Å². The molecule has 0 aromatic carbocycles. The van der Waals surface area contributed by atoms with Crippen LogP contribution in [0.2, 0.25) is 0 Å². The molecular formula is C17H26N4. The van der Waals surface area contributed by atoms with E-state index in [-0.39, 0.29) is 0 Å². The topological polar surface area (TPSA) is 32.6 Å². The average Bonchev–Trinajstić information content (AvgIpc) is 2.91. The first-order valence-corrected chi connectivity index (χ1v) is 8.24. The summed E-state index contributed by atoms with van der Waals surface area (Å²) < 4.78 is 2.11. The van der Waals surface area contributed by atoms with E-state index in [4.69, 9.17) is 4.98 Å². The van der Waals surface area contributed by atoms with Crippen molar-refractivity contribution in [2.45, 2.75) is 45.2 Å². The molecule has 0 radical (unpaired) electrons. The SMILES string of the molecule is CCCNCC1CCCCN1Cc1cn2ccccc2n1. The lowest BCUT2D eigenvalue weighted by Crippen LogP contribution is -2.45. The minimum absolute atomic E-state index is 0.662. The first-order valence-electron chi connectivity index (χ1n) is 8.24. The molecular weight excluding hydrogens is 260 g/mol. The van der Waals surface area contributed by atoms with E-state index in [9.17, 15) is 0 Å². The molecule has 0 spiro atoms. The van der Waals surface area contributed by atoms with Gasteiger partial charge in [-0.1, -0.05) is 19.4 Å². The second kappa shape index (κ2) is 7.05. The van der Waals surface area contributed by atoms with E-state index < -0.39 is 0 Å². The van der Waals surface area contributed by atoms with E-state index in [1.807, 2.05) is 6.07 Å². The summed E-state index contributed by atoms with van der Waals surface area (Å²) in [6, 6.07) is 6.83. The van der Waals surface area contributed by atoms with Gasteiger partial charge in [0.25, 0.3) is 0 Å². The van der Waals surface area contributed by atoms with Crippen molar-refractivity contribution < 1.29 is 0 Å². The molecule has 0 bridgehead atoms. The van der Waals surface area contributed by atoms with E-state index in [0.29, 0.717) is 6.04 Å². The summed E-state index contributed by atoms with van der Waals surface area (Å²) in [5.74, 6) is 0. The maximum absolute atomic E-state index is 4.74. The van der Waals surface area contributed by atoms with Crippen molar-refractivity contribution in [2.24, 2.45) is 0 Å². The molecule has 0 amide bonds. The molecule has 3 rings (SSSR count). The molecule has 114 valence electrons. The van der Waals surface area contributed by atoms with Crippen LogP contribution in [0, 0.1) is 0 Å². The van der Waals surface area contributed by atoms with E-state index in [2.05, 4.69) is 46.1 Å². The fourth-order valence-electron chi connectivity index (χ4n) is 3.22. The summed E-state index contributed by atoms with van der Waals surface area (Å²) in [7, 11) is 0. The van der Waals surface area contributed by atoms with Crippen LogP contribution in [0.3, 0.4) is 0 Å². The molecule has 0 saturated carbocycles. The molecule has 1 atom stereocenters. The van der Waals surface area contributed by atoms with Gasteiger partial charge in [0, 0.05) is 31.5 Å². The number of hydrogen-bond acceptors (Lipinski definition) is 3. The number of nitrogens with one attached hydrogen (secondary N) is 1. The van der Waals surface area contributed by atoms with Crippen LogP contribution >= 0.6 is 0 Å². The van der Waals surface area contributed by atoms with Crippen molar-refractivity contribution >= 4 is 5.65 Å². The minimum atomic E-state index is 0.662. The highest BCUT2D eigenvalue weighted by Crippen LogP contribution is 2.19. The van der Waals surface area contributed by atoms with E-state index >= 15 is 0 Å². The second-order valence-corrected chi connectivity index (χ2v) is 6.02. The Bertz CT molecular complexity index is 530. The molecule has 1 aliphatic rings. The lowest BCUT2D eigenvalue weighted by molar-refractivity contribution is 0.136. The predicted molar refractivity (Wildman–Crippen MR) is 86.4 cm³/mol. The van der Waals surface area contributed by atoms with Crippen LogP contribution in [-0.2, 0) is 6.54 Å². The van der Waals surface area contributed by atoms with Gasteiger partial charge in [0.2, 0.25) is 0 Å². The third-order valence-corrected chi connectivity index (χ3v) is 4.33. The predicted octanol–water partition coefficient (Wildman–Crippen LogP) is 2.69. The number of fused-ring (bicyclic) bond motifs is 1. The Kier molecular flexibility index (Phi) is 4.88. The normalized spacial score (nSPS) is 20.1. The lowest BCUT2D eigenvalue weighted by Gasteiger charge is -2.35. The highest BCUT2D eigenvalue weighted by atomic mass is 15.2. The van der Waals surface area contributed by atoms with Crippen molar-refractivity contribution in [3.8, 4) is 0 Å². The first-order chi connectivity index (χ1) is 10.4. The van der Waals surface area contributed by atoms with E-state index in [1.165, 1.54) is 37.9 Å². The van der Waals surface area contributed by atoms with Crippen LogP contribution in [0.4, 0.5) is 0 Å². The van der Waals surface area contributed by atoms with Crippen molar-refractivity contribution in [1.82, 2.24) is 19.6 Å². The Morgan fingerprint density at radius 1 is 1.33 bits per heavy atom. The van der Waals surface area contributed by atoms with Gasteiger partial charge in [-0.2, -0.15) is 0 Å². The fraction of sp³-hybridized carbons (Fsp3) is 0.588. The number of rotatable bonds is 6. The Morgan fingerprint density at radius 3 is 3.14 bits per heavy atom. The van der Waals surface area contributed by atoms with Crippen LogP contribution < -0.4 is 5.32 Å². The Labute approximate surface area is 127 Å². The summed E-state index contributed by atoms with van der Waals surface area (Å²) in [5.41, 5.74) is 2.23. The van der Waals surface area contributed by atoms with Gasteiger partial charge in [-0.3, -0.25) is 4.90 Å². The van der Waals surface area contributed by atoms with Gasteiger partial charge < -0.3 is 9.72 Å². The van der Waals surface area contributed by atoms with Gasteiger partial charge in [0.15, 0.2) is 0 Å². The number of nitrogens with zero attached hydrogens (tertiary/aromatic N) is 3. The minimum Gasteiger partial charge on any atom is -0.315 e. The first kappa shape index (κ1) is 14.5. The highest BCUT2D eigenvalue weighted by molar-refractivity contribution is 5.39. The molecule has 1 aliphatic heterocycles. The maximum atomic E-state index is 4.74. The summed E-state index contributed by atoms with van der Waals surface area (Å²) in [6.07, 6.45) is 9.43. The van der Waals surface area contributed by atoms with Crippen LogP contribution in [0.25, 0.3) is 5.65 Å². The Balaban J connectivity index is 1.65. The number of imidazole rings is 1. The van der Waals surface area contributed by atoms with E-state index in [0.717, 1.165) is 25.3 Å². The molecule has 4 heteroatoms. The summed E-state index contributed by atoms with van der Waals surface area (Å²) in [6.45, 7) is 6.63. The van der Waals surface area contributed by atoms with Gasteiger partial charge in [0.1, 0.15) is 5.65 Å².